The average Bonchev–Trinajstić information content (AvgIpc) is 2.41. The number of aromatic nitrogens is 1. The summed E-state index contributed by atoms with van der Waals surface area (Å²) in [6.45, 7) is 1.81. The Hall–Kier alpha value is -2.07. The molecule has 4 heteroatoms. The molecule has 0 aliphatic heterocycles. The highest BCUT2D eigenvalue weighted by Crippen LogP contribution is 2.28. The van der Waals surface area contributed by atoms with Crippen molar-refractivity contribution in [1.82, 2.24) is 4.57 Å². The number of nitrogens with zero attached hydrogens (tertiary/aromatic N) is 1. The van der Waals surface area contributed by atoms with Gasteiger partial charge in [-0.25, -0.2) is 0 Å². The normalized spacial score (nSPS) is 12.2. The van der Waals surface area contributed by atoms with Crippen LogP contribution in [-0.2, 0) is 7.05 Å². The first-order chi connectivity index (χ1) is 9.06. The largest absolute Gasteiger partial charge is 0.496 e. The number of methoxy groups -OCH3 is 1. The summed E-state index contributed by atoms with van der Waals surface area (Å²) in [5.41, 5.74) is 8.03. The molecule has 2 N–H and O–H groups in total. The molecule has 1 aromatic carbocycles. The monoisotopic (exact) mass is 258 g/mol. The topological polar surface area (TPSA) is 57.2 Å². The van der Waals surface area contributed by atoms with Gasteiger partial charge in [-0.3, -0.25) is 4.79 Å². The van der Waals surface area contributed by atoms with Crippen molar-refractivity contribution < 1.29 is 4.74 Å². The van der Waals surface area contributed by atoms with Crippen LogP contribution in [0.5, 0.6) is 5.75 Å². The fourth-order valence-electron chi connectivity index (χ4n) is 2.13. The van der Waals surface area contributed by atoms with Crippen LogP contribution in [0.3, 0.4) is 0 Å². The van der Waals surface area contributed by atoms with Crippen molar-refractivity contribution in [2.45, 2.75) is 13.0 Å². The van der Waals surface area contributed by atoms with Crippen LogP contribution in [0.1, 0.15) is 18.5 Å². The number of pyridine rings is 1. The number of hydrogen-bond donors (Lipinski definition) is 1. The van der Waals surface area contributed by atoms with E-state index in [0.29, 0.717) is 5.56 Å². The highest BCUT2D eigenvalue weighted by Gasteiger charge is 2.12. The van der Waals surface area contributed by atoms with Crippen LogP contribution in [0.25, 0.3) is 11.3 Å². The van der Waals surface area contributed by atoms with Gasteiger partial charge in [-0.1, -0.05) is 12.1 Å². The van der Waals surface area contributed by atoms with E-state index in [9.17, 15) is 4.79 Å². The molecule has 0 bridgehead atoms. The van der Waals surface area contributed by atoms with Crippen LogP contribution in [0.2, 0.25) is 0 Å². The van der Waals surface area contributed by atoms with Crippen molar-refractivity contribution in [3.8, 4) is 17.0 Å². The van der Waals surface area contributed by atoms with Gasteiger partial charge in [0, 0.05) is 24.2 Å². The maximum Gasteiger partial charge on any atom is 0.255 e. The van der Waals surface area contributed by atoms with Gasteiger partial charge in [-0.15, -0.1) is 0 Å². The molecule has 1 unspecified atom stereocenters. The van der Waals surface area contributed by atoms with Crippen LogP contribution in [0, 0.1) is 0 Å². The Morgan fingerprint density at radius 3 is 2.53 bits per heavy atom. The Morgan fingerprint density at radius 2 is 1.89 bits per heavy atom. The number of rotatable bonds is 3. The molecule has 100 valence electrons. The third-order valence-electron chi connectivity index (χ3n) is 3.21. The first-order valence-electron chi connectivity index (χ1n) is 6.15. The minimum Gasteiger partial charge on any atom is -0.496 e. The van der Waals surface area contributed by atoms with Crippen molar-refractivity contribution in [3.05, 3.63) is 52.3 Å². The van der Waals surface area contributed by atoms with E-state index in [2.05, 4.69) is 0 Å². The van der Waals surface area contributed by atoms with Crippen molar-refractivity contribution in [1.29, 1.82) is 0 Å². The van der Waals surface area contributed by atoms with E-state index in [1.165, 1.54) is 0 Å². The van der Waals surface area contributed by atoms with Crippen LogP contribution in [0.4, 0.5) is 0 Å². The summed E-state index contributed by atoms with van der Waals surface area (Å²) in [5.74, 6) is 0.742. The first-order valence-corrected chi connectivity index (χ1v) is 6.15. The van der Waals surface area contributed by atoms with E-state index in [1.807, 2.05) is 30.3 Å². The van der Waals surface area contributed by atoms with Gasteiger partial charge < -0.3 is 15.0 Å². The molecule has 1 atom stereocenters. The highest BCUT2D eigenvalue weighted by atomic mass is 16.5. The van der Waals surface area contributed by atoms with E-state index in [1.54, 1.807) is 31.7 Å². The highest BCUT2D eigenvalue weighted by molar-refractivity contribution is 5.67. The summed E-state index contributed by atoms with van der Waals surface area (Å²) in [6, 6.07) is 11.0. The van der Waals surface area contributed by atoms with Gasteiger partial charge in [0.25, 0.3) is 5.56 Å². The lowest BCUT2D eigenvalue weighted by atomic mass is 10.1. The van der Waals surface area contributed by atoms with Crippen LogP contribution < -0.4 is 16.0 Å². The average molecular weight is 258 g/mol. The maximum absolute atomic E-state index is 12.2. The van der Waals surface area contributed by atoms with E-state index >= 15 is 0 Å². The molecular weight excluding hydrogens is 240 g/mol. The number of benzene rings is 1. The van der Waals surface area contributed by atoms with Gasteiger partial charge in [-0.2, -0.15) is 0 Å². The smallest absolute Gasteiger partial charge is 0.255 e. The number of hydrogen-bond acceptors (Lipinski definition) is 3. The second-order valence-electron chi connectivity index (χ2n) is 4.53. The van der Waals surface area contributed by atoms with Crippen molar-refractivity contribution in [2.24, 2.45) is 12.8 Å². The lowest BCUT2D eigenvalue weighted by Crippen LogP contribution is -2.26. The number of ether oxygens (including phenoxy) is 1. The predicted octanol–water partition coefficient (Wildman–Crippen LogP) is 2.08. The molecule has 0 aliphatic carbocycles. The van der Waals surface area contributed by atoms with Crippen molar-refractivity contribution in [3.63, 3.8) is 0 Å². The number of para-hydroxylation sites is 1. The molecule has 0 saturated heterocycles. The predicted molar refractivity (Wildman–Crippen MR) is 76.3 cm³/mol. The van der Waals surface area contributed by atoms with Gasteiger partial charge >= 0.3 is 0 Å². The fourth-order valence-corrected chi connectivity index (χ4v) is 2.13. The molecule has 4 nitrogen and oxygen atoms in total. The summed E-state index contributed by atoms with van der Waals surface area (Å²) in [4.78, 5) is 12.2. The minimum absolute atomic E-state index is 0.0709. The molecule has 19 heavy (non-hydrogen) atoms. The minimum atomic E-state index is -0.273. The number of nitrogens with two attached hydrogens (primary N) is 1. The first kappa shape index (κ1) is 13.4. The Bertz CT molecular complexity index is 645. The van der Waals surface area contributed by atoms with Crippen LogP contribution in [0.15, 0.2) is 41.2 Å². The van der Waals surface area contributed by atoms with Crippen LogP contribution >= 0.6 is 0 Å². The van der Waals surface area contributed by atoms with E-state index in [0.717, 1.165) is 17.0 Å². The second kappa shape index (κ2) is 5.28. The second-order valence-corrected chi connectivity index (χ2v) is 4.53. The van der Waals surface area contributed by atoms with Gasteiger partial charge in [0.05, 0.1) is 12.8 Å². The molecule has 0 fully saturated rings. The molecule has 2 rings (SSSR count). The molecule has 0 radical (unpaired) electrons. The molecule has 0 spiro atoms. The van der Waals surface area contributed by atoms with Gasteiger partial charge in [0.2, 0.25) is 0 Å². The summed E-state index contributed by atoms with van der Waals surface area (Å²) in [5, 5.41) is 0. The SMILES string of the molecule is COc1ccccc1-c1ccc(C(C)N)c(=O)n1C. The molecule has 0 aliphatic rings. The lowest BCUT2D eigenvalue weighted by Gasteiger charge is -2.14. The van der Waals surface area contributed by atoms with E-state index in [-0.39, 0.29) is 11.6 Å². The molecular formula is C15H18N2O2. The zero-order chi connectivity index (χ0) is 14.0. The summed E-state index contributed by atoms with van der Waals surface area (Å²) in [6.07, 6.45) is 0. The quantitative estimate of drug-likeness (QED) is 0.917. The third kappa shape index (κ3) is 2.39. The Balaban J connectivity index is 2.65. The zero-order valence-electron chi connectivity index (χ0n) is 11.4. The molecule has 2 aromatic rings. The lowest BCUT2D eigenvalue weighted by molar-refractivity contribution is 0.416. The third-order valence-corrected chi connectivity index (χ3v) is 3.21. The Morgan fingerprint density at radius 1 is 1.21 bits per heavy atom. The van der Waals surface area contributed by atoms with Crippen molar-refractivity contribution in [2.75, 3.05) is 7.11 Å². The van der Waals surface area contributed by atoms with Gasteiger partial charge in [0.1, 0.15) is 5.75 Å². The summed E-state index contributed by atoms with van der Waals surface area (Å²) >= 11 is 0. The van der Waals surface area contributed by atoms with Crippen LogP contribution in [-0.4, -0.2) is 11.7 Å². The molecule has 1 aromatic heterocycles. The Kier molecular flexibility index (Phi) is 3.71. The zero-order valence-corrected chi connectivity index (χ0v) is 11.4. The molecule has 0 saturated carbocycles. The molecule has 1 heterocycles. The fraction of sp³-hybridized carbons (Fsp3) is 0.267. The van der Waals surface area contributed by atoms with E-state index in [4.69, 9.17) is 10.5 Å². The van der Waals surface area contributed by atoms with Gasteiger partial charge in [0.15, 0.2) is 0 Å². The van der Waals surface area contributed by atoms with E-state index < -0.39 is 0 Å². The summed E-state index contributed by atoms with van der Waals surface area (Å²) in [7, 11) is 3.36. The maximum atomic E-state index is 12.2. The molecule has 0 amide bonds. The summed E-state index contributed by atoms with van der Waals surface area (Å²) < 4.78 is 6.94. The van der Waals surface area contributed by atoms with Crippen molar-refractivity contribution >= 4 is 0 Å². The Labute approximate surface area is 112 Å². The van der Waals surface area contributed by atoms with Gasteiger partial charge in [-0.05, 0) is 31.2 Å². The standard InChI is InChI=1S/C15H18N2O2/c1-10(16)11-8-9-13(17(2)15(11)18)12-6-4-5-7-14(12)19-3/h4-10H,16H2,1-3H3.